The summed E-state index contributed by atoms with van der Waals surface area (Å²) in [5, 5.41) is 2.30. The van der Waals surface area contributed by atoms with Gasteiger partial charge in [0, 0.05) is 32.4 Å². The molecule has 0 bridgehead atoms. The van der Waals surface area contributed by atoms with Crippen LogP contribution in [0.25, 0.3) is 0 Å². The topological polar surface area (TPSA) is 80.6 Å². The number of aryl methyl sites for hydroxylation is 1. The molecule has 1 aromatic heterocycles. The minimum Gasteiger partial charge on any atom is -0.378 e. The van der Waals surface area contributed by atoms with Gasteiger partial charge in [0.15, 0.2) is 0 Å². The number of carbonyl (C=O) groups is 2. The van der Waals surface area contributed by atoms with E-state index >= 15 is 0 Å². The first kappa shape index (κ1) is 18.7. The second kappa shape index (κ2) is 7.67. The number of aromatic nitrogens is 1. The van der Waals surface area contributed by atoms with E-state index in [9.17, 15) is 23.2 Å². The SMILES string of the molecule is Cn1cc(C(=O)N2CCOCC2)cc(NC(=O)c2ccc(F)cc2F)c1=O. The van der Waals surface area contributed by atoms with E-state index in [1.54, 1.807) is 4.90 Å². The van der Waals surface area contributed by atoms with Gasteiger partial charge in [0.25, 0.3) is 17.4 Å². The summed E-state index contributed by atoms with van der Waals surface area (Å²) in [5.41, 5.74) is -0.952. The minimum atomic E-state index is -1.05. The Balaban J connectivity index is 1.88. The van der Waals surface area contributed by atoms with E-state index in [2.05, 4.69) is 5.32 Å². The molecule has 1 aliphatic heterocycles. The van der Waals surface area contributed by atoms with Crippen molar-refractivity contribution in [3.63, 3.8) is 0 Å². The maximum atomic E-state index is 13.8. The van der Waals surface area contributed by atoms with Crippen LogP contribution < -0.4 is 10.9 Å². The van der Waals surface area contributed by atoms with Crippen molar-refractivity contribution in [3.05, 3.63) is 63.6 Å². The molecule has 27 heavy (non-hydrogen) atoms. The molecule has 1 aromatic carbocycles. The Bertz CT molecular complexity index is 952. The molecule has 2 aromatic rings. The maximum Gasteiger partial charge on any atom is 0.274 e. The van der Waals surface area contributed by atoms with Crippen molar-refractivity contribution in [1.82, 2.24) is 9.47 Å². The Morgan fingerprint density at radius 3 is 2.52 bits per heavy atom. The molecule has 1 N–H and O–H groups in total. The molecule has 0 spiro atoms. The molecule has 0 aliphatic carbocycles. The Morgan fingerprint density at radius 2 is 1.85 bits per heavy atom. The van der Waals surface area contributed by atoms with Crippen molar-refractivity contribution >= 4 is 17.5 Å². The lowest BCUT2D eigenvalue weighted by Gasteiger charge is -2.27. The fraction of sp³-hybridized carbons (Fsp3) is 0.278. The summed E-state index contributed by atoms with van der Waals surface area (Å²) in [6.07, 6.45) is 1.37. The van der Waals surface area contributed by atoms with Crippen LogP contribution in [0.15, 0.2) is 35.3 Å². The van der Waals surface area contributed by atoms with Gasteiger partial charge in [0.1, 0.15) is 17.3 Å². The highest BCUT2D eigenvalue weighted by Crippen LogP contribution is 2.14. The van der Waals surface area contributed by atoms with Crippen LogP contribution in [0, 0.1) is 11.6 Å². The van der Waals surface area contributed by atoms with Gasteiger partial charge < -0.3 is 19.5 Å². The fourth-order valence-corrected chi connectivity index (χ4v) is 2.73. The average Bonchev–Trinajstić information content (AvgIpc) is 2.65. The second-order valence-electron chi connectivity index (χ2n) is 6.04. The molecule has 142 valence electrons. The average molecular weight is 377 g/mol. The molecular weight excluding hydrogens is 360 g/mol. The first-order valence-corrected chi connectivity index (χ1v) is 8.21. The lowest BCUT2D eigenvalue weighted by atomic mass is 10.1. The zero-order valence-corrected chi connectivity index (χ0v) is 14.5. The third-order valence-electron chi connectivity index (χ3n) is 4.15. The van der Waals surface area contributed by atoms with Crippen molar-refractivity contribution < 1.29 is 23.1 Å². The number of ether oxygens (including phenoxy) is 1. The number of halogens is 2. The number of benzene rings is 1. The van der Waals surface area contributed by atoms with Crippen LogP contribution in [0.1, 0.15) is 20.7 Å². The molecular formula is C18H17F2N3O4. The van der Waals surface area contributed by atoms with E-state index in [-0.39, 0.29) is 17.2 Å². The normalized spacial score (nSPS) is 14.1. The zero-order chi connectivity index (χ0) is 19.6. The minimum absolute atomic E-state index is 0.176. The van der Waals surface area contributed by atoms with E-state index in [0.717, 1.165) is 16.7 Å². The molecule has 3 rings (SSSR count). The standard InChI is InChI=1S/C18H17F2N3O4/c1-22-10-11(17(25)23-4-6-27-7-5-23)8-15(18(22)26)21-16(24)13-3-2-12(19)9-14(13)20/h2-3,8-10H,4-7H2,1H3,(H,21,24). The number of nitrogens with zero attached hydrogens (tertiary/aromatic N) is 2. The van der Waals surface area contributed by atoms with Gasteiger partial charge in [0.2, 0.25) is 0 Å². The number of amides is 2. The Hall–Kier alpha value is -3.07. The number of pyridine rings is 1. The number of rotatable bonds is 3. The van der Waals surface area contributed by atoms with Gasteiger partial charge in [-0.1, -0.05) is 0 Å². The van der Waals surface area contributed by atoms with Crippen LogP contribution in [0.3, 0.4) is 0 Å². The first-order chi connectivity index (χ1) is 12.9. The summed E-state index contributed by atoms with van der Waals surface area (Å²) in [4.78, 5) is 38.7. The zero-order valence-electron chi connectivity index (χ0n) is 14.5. The summed E-state index contributed by atoms with van der Waals surface area (Å²) in [6, 6.07) is 3.74. The molecule has 9 heteroatoms. The molecule has 0 atom stereocenters. The van der Waals surface area contributed by atoms with Crippen LogP contribution >= 0.6 is 0 Å². The maximum absolute atomic E-state index is 13.8. The number of carbonyl (C=O) groups excluding carboxylic acids is 2. The van der Waals surface area contributed by atoms with Crippen LogP contribution in [0.4, 0.5) is 14.5 Å². The molecule has 0 radical (unpaired) electrons. The number of anilines is 1. The predicted octanol–water partition coefficient (Wildman–Crippen LogP) is 1.39. The van der Waals surface area contributed by atoms with Gasteiger partial charge in [-0.2, -0.15) is 0 Å². The molecule has 0 saturated carbocycles. The van der Waals surface area contributed by atoms with Crippen molar-refractivity contribution in [2.45, 2.75) is 0 Å². The van der Waals surface area contributed by atoms with Crippen LogP contribution in [0.5, 0.6) is 0 Å². The first-order valence-electron chi connectivity index (χ1n) is 8.21. The van der Waals surface area contributed by atoms with Crippen molar-refractivity contribution in [1.29, 1.82) is 0 Å². The van der Waals surface area contributed by atoms with Crippen molar-refractivity contribution in [2.24, 2.45) is 7.05 Å². The van der Waals surface area contributed by atoms with Gasteiger partial charge in [-0.05, 0) is 18.2 Å². The number of nitrogens with one attached hydrogen (secondary N) is 1. The van der Waals surface area contributed by atoms with E-state index in [1.165, 1.54) is 19.3 Å². The molecule has 1 aliphatic rings. The second-order valence-corrected chi connectivity index (χ2v) is 6.04. The smallest absolute Gasteiger partial charge is 0.274 e. The van der Waals surface area contributed by atoms with Gasteiger partial charge in [-0.3, -0.25) is 14.4 Å². The van der Waals surface area contributed by atoms with Crippen molar-refractivity contribution in [3.8, 4) is 0 Å². The van der Waals surface area contributed by atoms with E-state index in [4.69, 9.17) is 4.74 Å². The van der Waals surface area contributed by atoms with Crippen LogP contribution in [0.2, 0.25) is 0 Å². The number of hydrogen-bond acceptors (Lipinski definition) is 4. The summed E-state index contributed by atoms with van der Waals surface area (Å²) >= 11 is 0. The van der Waals surface area contributed by atoms with Gasteiger partial charge in [-0.15, -0.1) is 0 Å². The van der Waals surface area contributed by atoms with Gasteiger partial charge >= 0.3 is 0 Å². The predicted molar refractivity (Wildman–Crippen MR) is 92.7 cm³/mol. The molecule has 1 fully saturated rings. The Labute approximate surface area is 153 Å². The highest BCUT2D eigenvalue weighted by Gasteiger charge is 2.21. The van der Waals surface area contributed by atoms with Crippen LogP contribution in [-0.2, 0) is 11.8 Å². The summed E-state index contributed by atoms with van der Waals surface area (Å²) in [6.45, 7) is 1.68. The summed E-state index contributed by atoms with van der Waals surface area (Å²) in [7, 11) is 1.44. The molecule has 0 unspecified atom stereocenters. The monoisotopic (exact) mass is 377 g/mol. The summed E-state index contributed by atoms with van der Waals surface area (Å²) < 4.78 is 33.1. The highest BCUT2D eigenvalue weighted by molar-refractivity contribution is 6.05. The van der Waals surface area contributed by atoms with Gasteiger partial charge in [0.05, 0.1) is 24.3 Å². The molecule has 7 nitrogen and oxygen atoms in total. The van der Waals surface area contributed by atoms with E-state index in [1.807, 2.05) is 0 Å². The highest BCUT2D eigenvalue weighted by atomic mass is 19.1. The number of hydrogen-bond donors (Lipinski definition) is 1. The lowest BCUT2D eigenvalue weighted by Crippen LogP contribution is -2.41. The van der Waals surface area contributed by atoms with E-state index < -0.39 is 28.7 Å². The fourth-order valence-electron chi connectivity index (χ4n) is 2.73. The Kier molecular flexibility index (Phi) is 5.31. The van der Waals surface area contributed by atoms with Gasteiger partial charge in [-0.25, -0.2) is 8.78 Å². The quantitative estimate of drug-likeness (QED) is 0.877. The largest absolute Gasteiger partial charge is 0.378 e. The third kappa shape index (κ3) is 4.03. The summed E-state index contributed by atoms with van der Waals surface area (Å²) in [5.74, 6) is -3.10. The number of morpholine rings is 1. The third-order valence-corrected chi connectivity index (χ3v) is 4.15. The molecule has 1 saturated heterocycles. The van der Waals surface area contributed by atoms with Crippen LogP contribution in [-0.4, -0.2) is 47.6 Å². The lowest BCUT2D eigenvalue weighted by molar-refractivity contribution is 0.0302. The Morgan fingerprint density at radius 1 is 1.15 bits per heavy atom. The molecule has 2 heterocycles. The molecule has 2 amide bonds. The van der Waals surface area contributed by atoms with Crippen molar-refractivity contribution in [2.75, 3.05) is 31.6 Å². The van der Waals surface area contributed by atoms with E-state index in [0.29, 0.717) is 32.4 Å².